The summed E-state index contributed by atoms with van der Waals surface area (Å²) in [5, 5.41) is 7.11. The maximum atomic E-state index is 3.59. The highest BCUT2D eigenvalue weighted by atomic mass is 35.5. The molecule has 1 heterocycles. The molecule has 0 saturated heterocycles. The van der Waals surface area contributed by atoms with Crippen LogP contribution in [0.15, 0.2) is 72.8 Å². The summed E-state index contributed by atoms with van der Waals surface area (Å²) >= 11 is 0. The standard InChI is InChI=1S/C24H26N2.ClH/c1-18-16-25-14-13-22-11-12-23(15-24(18)22)26-17-19-7-9-21(10-8-19)20-5-3-2-4-6-20;/h2-12,15,18,25-26H,13-14,16-17H2,1H3;1H. The highest BCUT2D eigenvalue weighted by Crippen LogP contribution is 2.26. The molecule has 4 rings (SSSR count). The van der Waals surface area contributed by atoms with E-state index in [-0.39, 0.29) is 12.4 Å². The van der Waals surface area contributed by atoms with Gasteiger partial charge in [0.15, 0.2) is 0 Å². The van der Waals surface area contributed by atoms with Gasteiger partial charge in [-0.3, -0.25) is 0 Å². The number of anilines is 1. The lowest BCUT2D eigenvalue weighted by molar-refractivity contribution is 0.644. The van der Waals surface area contributed by atoms with Crippen molar-refractivity contribution in [2.75, 3.05) is 18.4 Å². The number of hydrogen-bond donors (Lipinski definition) is 2. The summed E-state index contributed by atoms with van der Waals surface area (Å²) in [4.78, 5) is 0. The number of fused-ring (bicyclic) bond motifs is 1. The molecule has 3 aromatic rings. The minimum atomic E-state index is 0. The zero-order valence-corrected chi connectivity index (χ0v) is 16.6. The van der Waals surface area contributed by atoms with Crippen LogP contribution in [0, 0.1) is 0 Å². The summed E-state index contributed by atoms with van der Waals surface area (Å²) in [5.74, 6) is 0.569. The van der Waals surface area contributed by atoms with Crippen molar-refractivity contribution < 1.29 is 0 Å². The van der Waals surface area contributed by atoms with E-state index in [0.717, 1.165) is 26.1 Å². The van der Waals surface area contributed by atoms with Crippen LogP contribution in [0.1, 0.15) is 29.5 Å². The minimum absolute atomic E-state index is 0. The van der Waals surface area contributed by atoms with Crippen molar-refractivity contribution >= 4 is 18.1 Å². The van der Waals surface area contributed by atoms with Crippen molar-refractivity contribution in [3.8, 4) is 11.1 Å². The third-order valence-electron chi connectivity index (χ3n) is 5.26. The van der Waals surface area contributed by atoms with Crippen LogP contribution in [0.25, 0.3) is 11.1 Å². The highest BCUT2D eigenvalue weighted by Gasteiger charge is 2.14. The van der Waals surface area contributed by atoms with E-state index in [9.17, 15) is 0 Å². The molecule has 1 unspecified atom stereocenters. The largest absolute Gasteiger partial charge is 0.381 e. The molecule has 0 saturated carbocycles. The van der Waals surface area contributed by atoms with Crippen molar-refractivity contribution in [3.05, 3.63) is 89.5 Å². The molecule has 0 aromatic heterocycles. The van der Waals surface area contributed by atoms with Gasteiger partial charge in [0.2, 0.25) is 0 Å². The Balaban J connectivity index is 0.00000210. The molecule has 3 aromatic carbocycles. The van der Waals surface area contributed by atoms with Crippen LogP contribution in [0.5, 0.6) is 0 Å². The molecule has 140 valence electrons. The Morgan fingerprint density at radius 1 is 0.926 bits per heavy atom. The number of hydrogen-bond acceptors (Lipinski definition) is 2. The van der Waals surface area contributed by atoms with E-state index in [4.69, 9.17) is 0 Å². The van der Waals surface area contributed by atoms with E-state index >= 15 is 0 Å². The van der Waals surface area contributed by atoms with Gasteiger partial charge in [-0.2, -0.15) is 0 Å². The van der Waals surface area contributed by atoms with E-state index in [1.54, 1.807) is 0 Å². The zero-order chi connectivity index (χ0) is 17.8. The predicted octanol–water partition coefficient (Wildman–Crippen LogP) is 5.64. The number of benzene rings is 3. The molecule has 0 amide bonds. The SMILES string of the molecule is CC1CNCCc2ccc(NCc3ccc(-c4ccccc4)cc3)cc21.Cl. The van der Waals surface area contributed by atoms with Gasteiger partial charge in [0, 0.05) is 18.8 Å². The second-order valence-corrected chi connectivity index (χ2v) is 7.19. The first-order valence-electron chi connectivity index (χ1n) is 9.51. The molecule has 27 heavy (non-hydrogen) atoms. The Bertz CT molecular complexity index is 859. The summed E-state index contributed by atoms with van der Waals surface area (Å²) in [7, 11) is 0. The van der Waals surface area contributed by atoms with Gasteiger partial charge >= 0.3 is 0 Å². The van der Waals surface area contributed by atoms with Crippen LogP contribution < -0.4 is 10.6 Å². The van der Waals surface area contributed by atoms with E-state index in [2.05, 4.69) is 90.4 Å². The smallest absolute Gasteiger partial charge is 0.0400 e. The summed E-state index contributed by atoms with van der Waals surface area (Å²) in [5.41, 5.74) is 8.01. The van der Waals surface area contributed by atoms with E-state index in [1.807, 2.05) is 0 Å². The fraction of sp³-hybridized carbons (Fsp3) is 0.250. The van der Waals surface area contributed by atoms with Crippen LogP contribution in [0.3, 0.4) is 0 Å². The normalized spacial score (nSPS) is 16.0. The lowest BCUT2D eigenvalue weighted by Gasteiger charge is -2.15. The first kappa shape index (κ1) is 19.5. The molecule has 0 bridgehead atoms. The summed E-state index contributed by atoms with van der Waals surface area (Å²) in [6.07, 6.45) is 1.13. The quantitative estimate of drug-likeness (QED) is 0.614. The first-order valence-corrected chi connectivity index (χ1v) is 9.51. The maximum absolute atomic E-state index is 3.59. The molecule has 0 aliphatic carbocycles. The zero-order valence-electron chi connectivity index (χ0n) is 15.7. The average Bonchev–Trinajstić information content (AvgIpc) is 2.89. The second-order valence-electron chi connectivity index (χ2n) is 7.19. The Morgan fingerprint density at radius 2 is 1.67 bits per heavy atom. The van der Waals surface area contributed by atoms with Crippen molar-refractivity contribution in [1.82, 2.24) is 5.32 Å². The average molecular weight is 379 g/mol. The molecule has 1 aliphatic rings. The van der Waals surface area contributed by atoms with Gasteiger partial charge in [0.05, 0.1) is 0 Å². The predicted molar refractivity (Wildman–Crippen MR) is 118 cm³/mol. The van der Waals surface area contributed by atoms with E-state index in [1.165, 1.54) is 33.5 Å². The molecular formula is C24H27ClN2. The van der Waals surface area contributed by atoms with Crippen LogP contribution in [0.4, 0.5) is 5.69 Å². The summed E-state index contributed by atoms with van der Waals surface area (Å²) in [6.45, 7) is 5.30. The summed E-state index contributed by atoms with van der Waals surface area (Å²) in [6, 6.07) is 26.2. The molecule has 1 aliphatic heterocycles. The molecule has 2 N–H and O–H groups in total. The van der Waals surface area contributed by atoms with Gasteiger partial charge in [-0.25, -0.2) is 0 Å². The van der Waals surface area contributed by atoms with Gasteiger partial charge < -0.3 is 10.6 Å². The topological polar surface area (TPSA) is 24.1 Å². The van der Waals surface area contributed by atoms with Gasteiger partial charge in [0.25, 0.3) is 0 Å². The third-order valence-corrected chi connectivity index (χ3v) is 5.26. The lowest BCUT2D eigenvalue weighted by Crippen LogP contribution is -2.18. The maximum Gasteiger partial charge on any atom is 0.0400 e. The molecular weight excluding hydrogens is 352 g/mol. The molecule has 0 fully saturated rings. The van der Waals surface area contributed by atoms with Crippen LogP contribution >= 0.6 is 12.4 Å². The molecule has 1 atom stereocenters. The van der Waals surface area contributed by atoms with Crippen molar-refractivity contribution in [3.63, 3.8) is 0 Å². The van der Waals surface area contributed by atoms with Crippen LogP contribution in [-0.4, -0.2) is 13.1 Å². The summed E-state index contributed by atoms with van der Waals surface area (Å²) < 4.78 is 0. The molecule has 3 heteroatoms. The highest BCUT2D eigenvalue weighted by molar-refractivity contribution is 5.85. The van der Waals surface area contributed by atoms with Crippen LogP contribution in [-0.2, 0) is 13.0 Å². The minimum Gasteiger partial charge on any atom is -0.381 e. The van der Waals surface area contributed by atoms with Gasteiger partial charge in [0.1, 0.15) is 0 Å². The van der Waals surface area contributed by atoms with Gasteiger partial charge in [-0.05, 0) is 58.8 Å². The third kappa shape index (κ3) is 4.71. The number of nitrogens with one attached hydrogen (secondary N) is 2. The second kappa shape index (κ2) is 9.07. The first-order chi connectivity index (χ1) is 12.8. The fourth-order valence-corrected chi connectivity index (χ4v) is 3.69. The van der Waals surface area contributed by atoms with E-state index < -0.39 is 0 Å². The Morgan fingerprint density at radius 3 is 2.44 bits per heavy atom. The molecule has 0 spiro atoms. The molecule has 2 nitrogen and oxygen atoms in total. The van der Waals surface area contributed by atoms with Crippen LogP contribution in [0.2, 0.25) is 0 Å². The Labute approximate surface area is 168 Å². The Hall–Kier alpha value is -2.29. The Kier molecular flexibility index (Phi) is 6.54. The van der Waals surface area contributed by atoms with Crippen molar-refractivity contribution in [1.29, 1.82) is 0 Å². The van der Waals surface area contributed by atoms with E-state index in [0.29, 0.717) is 5.92 Å². The number of halogens is 1. The lowest BCUT2D eigenvalue weighted by atomic mass is 9.95. The number of rotatable bonds is 4. The van der Waals surface area contributed by atoms with Gasteiger partial charge in [-0.1, -0.05) is 67.6 Å². The van der Waals surface area contributed by atoms with Crippen molar-refractivity contribution in [2.45, 2.75) is 25.8 Å². The monoisotopic (exact) mass is 378 g/mol. The fourth-order valence-electron chi connectivity index (χ4n) is 3.69. The molecule has 0 radical (unpaired) electrons. The van der Waals surface area contributed by atoms with Crippen molar-refractivity contribution in [2.24, 2.45) is 0 Å². The van der Waals surface area contributed by atoms with Gasteiger partial charge in [-0.15, -0.1) is 12.4 Å².